The summed E-state index contributed by atoms with van der Waals surface area (Å²) < 4.78 is 24.8. The van der Waals surface area contributed by atoms with Gasteiger partial charge >= 0.3 is 0 Å². The number of hydrogen-bond donors (Lipinski definition) is 1. The van der Waals surface area contributed by atoms with Crippen molar-refractivity contribution in [3.05, 3.63) is 34.9 Å². The average molecular weight is 376 g/mol. The Morgan fingerprint density at radius 2 is 1.79 bits per heavy atom. The van der Waals surface area contributed by atoms with Crippen molar-refractivity contribution in [1.29, 1.82) is 0 Å². The van der Waals surface area contributed by atoms with Crippen molar-refractivity contribution in [3.8, 4) is 0 Å². The normalized spacial score (nSPS) is 11.9. The number of halogens is 1. The maximum Gasteiger partial charge on any atom is 0.235 e. The fourth-order valence-corrected chi connectivity index (χ4v) is 3.08. The zero-order valence-electron chi connectivity index (χ0n) is 14.5. The number of nitrogens with zero attached hydrogens (tertiary/aromatic N) is 2. The standard InChI is InChI=1S/C16H26ClN3O3S/c1-19(2)11-4-12-20(24(3,22)23)13-16(21)18-10-9-14-5-7-15(17)8-6-14/h5-8H,4,9-13H2,1-3H3,(H,18,21). The van der Waals surface area contributed by atoms with Crippen LogP contribution in [0.5, 0.6) is 0 Å². The van der Waals surface area contributed by atoms with Crippen molar-refractivity contribution in [2.24, 2.45) is 0 Å². The second kappa shape index (κ2) is 9.98. The lowest BCUT2D eigenvalue weighted by Gasteiger charge is -2.20. The van der Waals surface area contributed by atoms with E-state index in [0.717, 1.165) is 18.4 Å². The van der Waals surface area contributed by atoms with Gasteiger partial charge in [0.05, 0.1) is 12.8 Å². The lowest BCUT2D eigenvalue weighted by Crippen LogP contribution is -2.41. The third kappa shape index (κ3) is 8.63. The van der Waals surface area contributed by atoms with E-state index in [2.05, 4.69) is 5.32 Å². The number of rotatable bonds is 10. The van der Waals surface area contributed by atoms with Crippen LogP contribution >= 0.6 is 11.6 Å². The minimum absolute atomic E-state index is 0.146. The maximum absolute atomic E-state index is 12.0. The highest BCUT2D eigenvalue weighted by molar-refractivity contribution is 7.88. The number of benzene rings is 1. The molecule has 1 aromatic carbocycles. The SMILES string of the molecule is CN(C)CCCN(CC(=O)NCCc1ccc(Cl)cc1)S(C)(=O)=O. The van der Waals surface area contributed by atoms with Gasteiger partial charge in [-0.25, -0.2) is 8.42 Å². The summed E-state index contributed by atoms with van der Waals surface area (Å²) in [5.74, 6) is -0.292. The van der Waals surface area contributed by atoms with Crippen LogP contribution in [-0.2, 0) is 21.2 Å². The van der Waals surface area contributed by atoms with E-state index < -0.39 is 10.0 Å². The van der Waals surface area contributed by atoms with Gasteiger partial charge in [-0.15, -0.1) is 0 Å². The van der Waals surface area contributed by atoms with Gasteiger partial charge in [0, 0.05) is 18.1 Å². The van der Waals surface area contributed by atoms with Crippen LogP contribution in [0.25, 0.3) is 0 Å². The molecular weight excluding hydrogens is 350 g/mol. The maximum atomic E-state index is 12.0. The van der Waals surface area contributed by atoms with Gasteiger partial charge in [-0.05, 0) is 51.2 Å². The summed E-state index contributed by atoms with van der Waals surface area (Å²) in [4.78, 5) is 14.0. The number of hydrogen-bond acceptors (Lipinski definition) is 4. The van der Waals surface area contributed by atoms with Crippen LogP contribution in [0, 0.1) is 0 Å². The molecule has 0 atom stereocenters. The van der Waals surface area contributed by atoms with Gasteiger partial charge in [0.15, 0.2) is 0 Å². The molecule has 6 nitrogen and oxygen atoms in total. The average Bonchev–Trinajstić information content (AvgIpc) is 2.47. The Hall–Kier alpha value is -1.15. The fourth-order valence-electron chi connectivity index (χ4n) is 2.14. The number of nitrogens with one attached hydrogen (secondary N) is 1. The molecule has 136 valence electrons. The number of carbonyl (C=O) groups is 1. The molecule has 1 N–H and O–H groups in total. The van der Waals surface area contributed by atoms with Gasteiger partial charge in [-0.1, -0.05) is 23.7 Å². The highest BCUT2D eigenvalue weighted by Gasteiger charge is 2.19. The molecule has 0 aliphatic heterocycles. The van der Waals surface area contributed by atoms with Crippen molar-refractivity contribution in [1.82, 2.24) is 14.5 Å². The van der Waals surface area contributed by atoms with Crippen LogP contribution in [0.3, 0.4) is 0 Å². The molecule has 0 radical (unpaired) electrons. The van der Waals surface area contributed by atoms with Crippen LogP contribution in [0.15, 0.2) is 24.3 Å². The molecule has 0 heterocycles. The topological polar surface area (TPSA) is 69.7 Å². The molecule has 1 rings (SSSR count). The molecule has 0 spiro atoms. The fraction of sp³-hybridized carbons (Fsp3) is 0.562. The summed E-state index contributed by atoms with van der Waals surface area (Å²) in [5, 5.41) is 3.43. The molecule has 1 amide bonds. The molecule has 0 bridgehead atoms. The highest BCUT2D eigenvalue weighted by Crippen LogP contribution is 2.09. The molecule has 1 aromatic rings. The van der Waals surface area contributed by atoms with Crippen molar-refractivity contribution >= 4 is 27.5 Å². The molecule has 0 saturated carbocycles. The molecule has 0 unspecified atom stereocenters. The van der Waals surface area contributed by atoms with E-state index in [0.29, 0.717) is 31.0 Å². The second-order valence-electron chi connectivity index (χ2n) is 5.98. The Morgan fingerprint density at radius 3 is 2.33 bits per heavy atom. The summed E-state index contributed by atoms with van der Waals surface area (Å²) >= 11 is 5.82. The first-order valence-electron chi connectivity index (χ1n) is 7.79. The van der Waals surface area contributed by atoms with Gasteiger partial charge in [0.1, 0.15) is 0 Å². The first kappa shape index (κ1) is 20.9. The van der Waals surface area contributed by atoms with Crippen LogP contribution in [0.2, 0.25) is 5.02 Å². The lowest BCUT2D eigenvalue weighted by atomic mass is 10.1. The Labute approximate surface area is 149 Å². The Bertz CT molecular complexity index is 618. The van der Waals surface area contributed by atoms with Gasteiger partial charge in [-0.2, -0.15) is 4.31 Å². The minimum Gasteiger partial charge on any atom is -0.355 e. The number of sulfonamides is 1. The molecule has 0 aromatic heterocycles. The van der Waals surface area contributed by atoms with Crippen LogP contribution < -0.4 is 5.32 Å². The first-order chi connectivity index (χ1) is 11.2. The number of carbonyl (C=O) groups excluding carboxylic acids is 1. The van der Waals surface area contributed by atoms with Gasteiger partial charge in [-0.3, -0.25) is 4.79 Å². The van der Waals surface area contributed by atoms with Gasteiger partial charge < -0.3 is 10.2 Å². The summed E-state index contributed by atoms with van der Waals surface area (Å²) in [5.41, 5.74) is 1.06. The second-order valence-corrected chi connectivity index (χ2v) is 8.40. The molecule has 8 heteroatoms. The largest absolute Gasteiger partial charge is 0.355 e. The summed E-state index contributed by atoms with van der Waals surface area (Å²) in [6.07, 6.45) is 2.48. The minimum atomic E-state index is -3.40. The summed E-state index contributed by atoms with van der Waals surface area (Å²) in [6, 6.07) is 7.40. The Kier molecular flexibility index (Phi) is 8.69. The van der Waals surface area contributed by atoms with Crippen LogP contribution in [0.4, 0.5) is 0 Å². The molecule has 0 saturated heterocycles. The first-order valence-corrected chi connectivity index (χ1v) is 10.0. The molecule has 0 aliphatic rings. The Balaban J connectivity index is 2.42. The molecular formula is C16H26ClN3O3S. The van der Waals surface area contributed by atoms with Crippen molar-refractivity contribution in [2.45, 2.75) is 12.8 Å². The zero-order chi connectivity index (χ0) is 18.2. The van der Waals surface area contributed by atoms with Gasteiger partial charge in [0.2, 0.25) is 15.9 Å². The predicted molar refractivity (Wildman–Crippen MR) is 97.8 cm³/mol. The predicted octanol–water partition coefficient (Wildman–Crippen LogP) is 1.21. The van der Waals surface area contributed by atoms with E-state index in [1.807, 2.05) is 31.1 Å². The zero-order valence-corrected chi connectivity index (χ0v) is 16.0. The molecule has 24 heavy (non-hydrogen) atoms. The highest BCUT2D eigenvalue weighted by atomic mass is 35.5. The van der Waals surface area contributed by atoms with E-state index in [1.165, 1.54) is 4.31 Å². The summed E-state index contributed by atoms with van der Waals surface area (Å²) in [6.45, 7) is 1.41. The van der Waals surface area contributed by atoms with E-state index in [4.69, 9.17) is 11.6 Å². The lowest BCUT2D eigenvalue weighted by molar-refractivity contribution is -0.121. The smallest absolute Gasteiger partial charge is 0.235 e. The van der Waals surface area contributed by atoms with Crippen LogP contribution in [0.1, 0.15) is 12.0 Å². The van der Waals surface area contributed by atoms with Gasteiger partial charge in [0.25, 0.3) is 0 Å². The third-order valence-corrected chi connectivity index (χ3v) is 4.95. The van der Waals surface area contributed by atoms with Crippen molar-refractivity contribution < 1.29 is 13.2 Å². The quantitative estimate of drug-likeness (QED) is 0.667. The van der Waals surface area contributed by atoms with E-state index in [9.17, 15) is 13.2 Å². The molecule has 0 fully saturated rings. The molecule has 0 aliphatic carbocycles. The van der Waals surface area contributed by atoms with E-state index >= 15 is 0 Å². The van der Waals surface area contributed by atoms with Crippen molar-refractivity contribution in [3.63, 3.8) is 0 Å². The Morgan fingerprint density at radius 1 is 1.17 bits per heavy atom. The monoisotopic (exact) mass is 375 g/mol. The van der Waals surface area contributed by atoms with E-state index in [1.54, 1.807) is 12.1 Å². The van der Waals surface area contributed by atoms with E-state index in [-0.39, 0.29) is 12.5 Å². The van der Waals surface area contributed by atoms with Crippen LogP contribution in [-0.4, -0.2) is 70.1 Å². The van der Waals surface area contributed by atoms with Crippen molar-refractivity contribution in [2.75, 3.05) is 46.5 Å². The third-order valence-electron chi connectivity index (χ3n) is 3.45. The summed E-state index contributed by atoms with van der Waals surface area (Å²) in [7, 11) is 0.449. The number of amides is 1.